The standard InChI is InChI=1S/C18H33P.C10H10O7S/c1-4-10-16(11-5-1)19(17-12-6-2-7-13-17)18-14-8-3-9-15-18;1-16-9(11)6-3-7(10(12)17-2)5-8(4-6)18(13,14)15/h16-18H,1-15H2;3-5H,1-2H3,(H,13,14,15). The molecule has 3 saturated carbocycles. The van der Waals surface area contributed by atoms with Crippen molar-refractivity contribution in [2.24, 2.45) is 0 Å². The molecule has 0 atom stereocenters. The summed E-state index contributed by atoms with van der Waals surface area (Å²) < 4.78 is 39.7. The molecule has 3 aliphatic rings. The number of carbonyl (C=O) groups is 2. The summed E-state index contributed by atoms with van der Waals surface area (Å²) >= 11 is 0. The van der Waals surface area contributed by atoms with Crippen molar-refractivity contribution in [2.45, 2.75) is 118 Å². The molecule has 0 aromatic heterocycles. The van der Waals surface area contributed by atoms with Gasteiger partial charge in [-0.3, -0.25) is 4.55 Å². The highest BCUT2D eigenvalue weighted by Crippen LogP contribution is 2.61. The van der Waals surface area contributed by atoms with Gasteiger partial charge in [0, 0.05) is 0 Å². The van der Waals surface area contributed by atoms with E-state index in [1.165, 1.54) is 36.2 Å². The Hall–Kier alpha value is -1.50. The van der Waals surface area contributed by atoms with E-state index in [4.69, 9.17) is 4.55 Å². The summed E-state index contributed by atoms with van der Waals surface area (Å²) in [6.45, 7) is 0. The van der Waals surface area contributed by atoms with Crippen molar-refractivity contribution in [2.75, 3.05) is 14.2 Å². The van der Waals surface area contributed by atoms with E-state index in [2.05, 4.69) is 9.47 Å². The van der Waals surface area contributed by atoms with Crippen LogP contribution in [0.15, 0.2) is 23.1 Å². The SMILES string of the molecule is C1CCC(P(C2CCCCC2)C2CCCCC2)CC1.COC(=O)c1cc(C(=O)OC)cc(S(=O)(=O)O)c1. The Balaban J connectivity index is 0.000000206. The van der Waals surface area contributed by atoms with Gasteiger partial charge in [0.15, 0.2) is 0 Å². The van der Waals surface area contributed by atoms with Gasteiger partial charge >= 0.3 is 11.9 Å². The molecule has 0 aliphatic heterocycles. The molecular weight excluding hydrogens is 511 g/mol. The van der Waals surface area contributed by atoms with E-state index < -0.39 is 27.0 Å². The topological polar surface area (TPSA) is 107 Å². The van der Waals surface area contributed by atoms with Crippen LogP contribution < -0.4 is 0 Å². The van der Waals surface area contributed by atoms with Crippen LogP contribution in [0.2, 0.25) is 0 Å². The van der Waals surface area contributed by atoms with Crippen LogP contribution in [0.3, 0.4) is 0 Å². The van der Waals surface area contributed by atoms with Crippen molar-refractivity contribution >= 4 is 30.0 Å². The van der Waals surface area contributed by atoms with Crippen LogP contribution in [-0.4, -0.2) is 56.1 Å². The molecule has 3 fully saturated rings. The Kier molecular flexibility index (Phi) is 11.9. The predicted octanol–water partition coefficient (Wildman–Crippen LogP) is 6.97. The fourth-order valence-electron chi connectivity index (χ4n) is 6.25. The van der Waals surface area contributed by atoms with Gasteiger partial charge in [0.25, 0.3) is 10.1 Å². The smallest absolute Gasteiger partial charge is 0.337 e. The molecule has 9 heteroatoms. The molecule has 1 N–H and O–H groups in total. The number of hydrogen-bond acceptors (Lipinski definition) is 6. The number of carbonyl (C=O) groups excluding carboxylic acids is 2. The largest absolute Gasteiger partial charge is 0.465 e. The lowest BCUT2D eigenvalue weighted by atomic mass is 9.99. The normalized spacial score (nSPS) is 20.1. The third-order valence-corrected chi connectivity index (χ3v) is 12.9. The molecule has 0 amide bonds. The molecule has 0 heterocycles. The number of methoxy groups -OCH3 is 2. The maximum absolute atomic E-state index is 11.3. The minimum Gasteiger partial charge on any atom is -0.465 e. The number of rotatable bonds is 6. The van der Waals surface area contributed by atoms with Crippen LogP contribution in [0.5, 0.6) is 0 Å². The lowest BCUT2D eigenvalue weighted by Gasteiger charge is -2.44. The number of esters is 2. The third-order valence-electron chi connectivity index (χ3n) is 8.04. The van der Waals surface area contributed by atoms with Crippen LogP contribution in [0.1, 0.15) is 117 Å². The van der Waals surface area contributed by atoms with Crippen molar-refractivity contribution in [3.63, 3.8) is 0 Å². The van der Waals surface area contributed by atoms with Gasteiger partial charge in [0.05, 0.1) is 30.2 Å². The van der Waals surface area contributed by atoms with Gasteiger partial charge in [-0.25, -0.2) is 9.59 Å². The van der Waals surface area contributed by atoms with Crippen LogP contribution in [0.25, 0.3) is 0 Å². The summed E-state index contributed by atoms with van der Waals surface area (Å²) in [4.78, 5) is 22.0. The molecule has 37 heavy (non-hydrogen) atoms. The molecule has 0 bridgehead atoms. The molecule has 0 saturated heterocycles. The summed E-state index contributed by atoms with van der Waals surface area (Å²) in [6.07, 6.45) is 23.6. The molecule has 1 aromatic rings. The first-order valence-corrected chi connectivity index (χ1v) is 16.8. The van der Waals surface area contributed by atoms with Crippen molar-refractivity contribution < 1.29 is 32.0 Å². The maximum atomic E-state index is 11.3. The highest BCUT2D eigenvalue weighted by molar-refractivity contribution is 7.85. The first-order chi connectivity index (χ1) is 17.7. The van der Waals surface area contributed by atoms with Gasteiger partial charge in [0.2, 0.25) is 0 Å². The Morgan fingerprint density at radius 2 is 1.00 bits per heavy atom. The molecule has 208 valence electrons. The van der Waals surface area contributed by atoms with Gasteiger partial charge in [-0.1, -0.05) is 65.7 Å². The van der Waals surface area contributed by atoms with E-state index in [9.17, 15) is 18.0 Å². The van der Waals surface area contributed by atoms with Gasteiger partial charge < -0.3 is 9.47 Å². The number of ether oxygens (including phenoxy) is 2. The van der Waals surface area contributed by atoms with Crippen LogP contribution in [0.4, 0.5) is 0 Å². The first-order valence-electron chi connectivity index (χ1n) is 13.8. The molecule has 1 aromatic carbocycles. The first kappa shape index (κ1) is 30.0. The Labute approximate surface area is 223 Å². The minimum atomic E-state index is -4.55. The second-order valence-corrected chi connectivity index (χ2v) is 15.0. The van der Waals surface area contributed by atoms with Crippen molar-refractivity contribution in [1.82, 2.24) is 0 Å². The molecule has 0 spiro atoms. The molecule has 0 radical (unpaired) electrons. The van der Waals surface area contributed by atoms with E-state index in [0.29, 0.717) is 7.92 Å². The quantitative estimate of drug-likeness (QED) is 0.230. The van der Waals surface area contributed by atoms with Crippen molar-refractivity contribution in [3.8, 4) is 0 Å². The van der Waals surface area contributed by atoms with Crippen LogP contribution in [0, 0.1) is 0 Å². The summed E-state index contributed by atoms with van der Waals surface area (Å²) in [5.74, 6) is -1.68. The monoisotopic (exact) mass is 554 g/mol. The summed E-state index contributed by atoms with van der Waals surface area (Å²) in [5.41, 5.74) is 3.20. The van der Waals surface area contributed by atoms with E-state index in [1.807, 2.05) is 0 Å². The molecule has 3 aliphatic carbocycles. The second-order valence-electron chi connectivity index (χ2n) is 10.5. The fraction of sp³-hybridized carbons (Fsp3) is 0.714. The van der Waals surface area contributed by atoms with E-state index >= 15 is 0 Å². The van der Waals surface area contributed by atoms with Gasteiger partial charge in [0.1, 0.15) is 0 Å². The molecule has 4 rings (SSSR count). The zero-order valence-corrected chi connectivity index (χ0v) is 24.0. The Morgan fingerprint density at radius 3 is 1.27 bits per heavy atom. The highest BCUT2D eigenvalue weighted by atomic mass is 32.2. The van der Waals surface area contributed by atoms with Gasteiger partial charge in [-0.2, -0.15) is 8.42 Å². The third kappa shape index (κ3) is 8.76. The zero-order chi connectivity index (χ0) is 26.8. The molecule has 7 nitrogen and oxygen atoms in total. The Morgan fingerprint density at radius 1 is 0.676 bits per heavy atom. The molecule has 0 unspecified atom stereocenters. The van der Waals surface area contributed by atoms with E-state index in [1.54, 1.807) is 77.0 Å². The summed E-state index contributed by atoms with van der Waals surface area (Å²) in [6, 6.07) is 2.90. The van der Waals surface area contributed by atoms with Crippen molar-refractivity contribution in [1.29, 1.82) is 0 Å². The number of benzene rings is 1. The Bertz CT molecular complexity index is 915. The van der Waals surface area contributed by atoms with Crippen LogP contribution >= 0.6 is 7.92 Å². The second kappa shape index (κ2) is 14.6. The van der Waals surface area contributed by atoms with Gasteiger partial charge in [-0.05, 0) is 73.7 Å². The minimum absolute atomic E-state index is 0.187. The maximum Gasteiger partial charge on any atom is 0.337 e. The predicted molar refractivity (Wildman–Crippen MR) is 146 cm³/mol. The van der Waals surface area contributed by atoms with Gasteiger partial charge in [-0.15, -0.1) is 0 Å². The highest BCUT2D eigenvalue weighted by Gasteiger charge is 2.36. The van der Waals surface area contributed by atoms with E-state index in [0.717, 1.165) is 32.4 Å². The molecular formula is C28H43O7PS. The average molecular weight is 555 g/mol. The van der Waals surface area contributed by atoms with Crippen molar-refractivity contribution in [3.05, 3.63) is 29.3 Å². The fourth-order valence-corrected chi connectivity index (χ4v) is 11.5. The zero-order valence-electron chi connectivity index (χ0n) is 22.3. The van der Waals surface area contributed by atoms with E-state index in [-0.39, 0.29) is 11.1 Å². The lowest BCUT2D eigenvalue weighted by molar-refractivity contribution is 0.0598. The van der Waals surface area contributed by atoms with Crippen LogP contribution in [-0.2, 0) is 19.6 Å². The summed E-state index contributed by atoms with van der Waals surface area (Å²) in [7, 11) is -1.97. The number of hydrogen-bond donors (Lipinski definition) is 1. The lowest BCUT2D eigenvalue weighted by Crippen LogP contribution is -2.28. The summed E-state index contributed by atoms with van der Waals surface area (Å²) in [5, 5.41) is 0. The average Bonchev–Trinajstić information content (AvgIpc) is 2.93.